The summed E-state index contributed by atoms with van der Waals surface area (Å²) in [6.45, 7) is 0.897. The maximum Gasteiger partial charge on any atom is 0.257 e. The number of amides is 1. The second-order valence-corrected chi connectivity index (χ2v) is 5.93. The van der Waals surface area contributed by atoms with Crippen LogP contribution in [0.2, 0.25) is 0 Å². The van der Waals surface area contributed by atoms with Crippen LogP contribution >= 0.6 is 0 Å². The first-order valence-corrected chi connectivity index (χ1v) is 8.79. The Balaban J connectivity index is 1.48. The zero-order chi connectivity index (χ0) is 20.6. The van der Waals surface area contributed by atoms with Gasteiger partial charge in [0.15, 0.2) is 0 Å². The van der Waals surface area contributed by atoms with E-state index in [0.717, 1.165) is 17.9 Å². The fourth-order valence-electron chi connectivity index (χ4n) is 2.46. The van der Waals surface area contributed by atoms with Gasteiger partial charge in [-0.15, -0.1) is 0 Å². The number of carbonyl (C=O) groups excluding carboxylic acids is 1. The highest BCUT2D eigenvalue weighted by molar-refractivity contribution is 6.04. The van der Waals surface area contributed by atoms with Crippen molar-refractivity contribution in [2.24, 2.45) is 0 Å². The van der Waals surface area contributed by atoms with E-state index in [1.807, 2.05) is 12.1 Å². The van der Waals surface area contributed by atoms with Crippen LogP contribution in [0.5, 0.6) is 11.5 Å². The number of nitrogens with zero attached hydrogens (tertiary/aromatic N) is 1. The molecule has 8 heteroatoms. The third-order valence-electron chi connectivity index (χ3n) is 3.96. The van der Waals surface area contributed by atoms with Gasteiger partial charge in [0, 0.05) is 6.20 Å². The van der Waals surface area contributed by atoms with E-state index >= 15 is 0 Å². The molecule has 1 heterocycles. The van der Waals surface area contributed by atoms with Crippen LogP contribution in [0.1, 0.15) is 10.4 Å². The summed E-state index contributed by atoms with van der Waals surface area (Å²) in [5.74, 6) is -0.342. The van der Waals surface area contributed by atoms with Crippen molar-refractivity contribution in [1.82, 2.24) is 4.98 Å². The van der Waals surface area contributed by atoms with E-state index < -0.39 is 23.2 Å². The van der Waals surface area contributed by atoms with Crippen LogP contribution in [0, 0.1) is 11.6 Å². The number of ether oxygens (including phenoxy) is 2. The lowest BCUT2D eigenvalue weighted by Crippen LogP contribution is -2.15. The molecule has 1 aromatic heterocycles. The molecule has 0 atom stereocenters. The Kier molecular flexibility index (Phi) is 6.57. The standard InChI is InChI=1S/C21H19F2N3O3/c1-28-15-6-8-16(9-7-15)29-12-11-24-19-10-5-14(13-25-19)21(27)26-20-17(22)3-2-4-18(20)23/h2-10,13H,11-12H2,1H3,(H,24,25)(H,26,27). The first kappa shape index (κ1) is 20.1. The predicted molar refractivity (Wildman–Crippen MR) is 106 cm³/mol. The molecule has 0 bridgehead atoms. The highest BCUT2D eigenvalue weighted by Gasteiger charge is 2.13. The smallest absolute Gasteiger partial charge is 0.257 e. The first-order chi connectivity index (χ1) is 14.1. The lowest BCUT2D eigenvalue weighted by atomic mass is 10.2. The van der Waals surface area contributed by atoms with Crippen molar-refractivity contribution in [1.29, 1.82) is 0 Å². The molecule has 0 unspecified atom stereocenters. The van der Waals surface area contributed by atoms with Gasteiger partial charge >= 0.3 is 0 Å². The number of pyridine rings is 1. The average molecular weight is 399 g/mol. The minimum Gasteiger partial charge on any atom is -0.497 e. The number of benzene rings is 2. The zero-order valence-corrected chi connectivity index (χ0v) is 15.6. The molecule has 0 spiro atoms. The van der Waals surface area contributed by atoms with E-state index in [-0.39, 0.29) is 5.56 Å². The summed E-state index contributed by atoms with van der Waals surface area (Å²) in [5.41, 5.74) is -0.317. The third kappa shape index (κ3) is 5.41. The summed E-state index contributed by atoms with van der Waals surface area (Å²) in [4.78, 5) is 16.3. The number of methoxy groups -OCH3 is 1. The van der Waals surface area contributed by atoms with Crippen LogP contribution in [0.3, 0.4) is 0 Å². The Labute approximate surface area is 166 Å². The summed E-state index contributed by atoms with van der Waals surface area (Å²) >= 11 is 0. The van der Waals surface area contributed by atoms with Gasteiger partial charge in [0.25, 0.3) is 5.91 Å². The molecular weight excluding hydrogens is 380 g/mol. The van der Waals surface area contributed by atoms with Crippen molar-refractivity contribution in [3.05, 3.63) is 78.0 Å². The minimum atomic E-state index is -0.846. The second-order valence-electron chi connectivity index (χ2n) is 5.93. The van der Waals surface area contributed by atoms with Crippen molar-refractivity contribution in [3.8, 4) is 11.5 Å². The van der Waals surface area contributed by atoms with E-state index in [2.05, 4.69) is 15.6 Å². The third-order valence-corrected chi connectivity index (χ3v) is 3.96. The Bertz CT molecular complexity index is 944. The van der Waals surface area contributed by atoms with Gasteiger partial charge in [-0.25, -0.2) is 13.8 Å². The van der Waals surface area contributed by atoms with E-state index in [4.69, 9.17) is 9.47 Å². The molecule has 0 aliphatic heterocycles. The van der Waals surface area contributed by atoms with Gasteiger partial charge in [0.1, 0.15) is 41.2 Å². The number of halogens is 2. The number of rotatable bonds is 8. The van der Waals surface area contributed by atoms with Crippen molar-refractivity contribution >= 4 is 17.4 Å². The fourth-order valence-corrected chi connectivity index (χ4v) is 2.46. The normalized spacial score (nSPS) is 10.3. The average Bonchev–Trinajstić information content (AvgIpc) is 2.74. The Morgan fingerprint density at radius 2 is 1.69 bits per heavy atom. The van der Waals surface area contributed by atoms with Gasteiger partial charge in [-0.2, -0.15) is 0 Å². The number of aromatic nitrogens is 1. The lowest BCUT2D eigenvalue weighted by Gasteiger charge is -2.10. The van der Waals surface area contributed by atoms with Crippen molar-refractivity contribution in [3.63, 3.8) is 0 Å². The monoisotopic (exact) mass is 399 g/mol. The molecule has 0 aliphatic rings. The van der Waals surface area contributed by atoms with Crippen LogP contribution in [0.25, 0.3) is 0 Å². The molecule has 1 amide bonds. The zero-order valence-electron chi connectivity index (χ0n) is 15.6. The van der Waals surface area contributed by atoms with E-state index in [9.17, 15) is 13.6 Å². The quantitative estimate of drug-likeness (QED) is 0.558. The van der Waals surface area contributed by atoms with E-state index in [0.29, 0.717) is 24.7 Å². The highest BCUT2D eigenvalue weighted by atomic mass is 19.1. The number of hydrogen-bond donors (Lipinski definition) is 2. The molecule has 0 fully saturated rings. The van der Waals surface area contributed by atoms with Crippen molar-refractivity contribution in [2.75, 3.05) is 30.9 Å². The SMILES string of the molecule is COc1ccc(OCCNc2ccc(C(=O)Nc3c(F)cccc3F)cn2)cc1. The Hall–Kier alpha value is -3.68. The van der Waals surface area contributed by atoms with Crippen LogP contribution in [-0.4, -0.2) is 31.2 Å². The fraction of sp³-hybridized carbons (Fsp3) is 0.143. The minimum absolute atomic E-state index is 0.174. The van der Waals surface area contributed by atoms with Crippen LogP contribution in [0.4, 0.5) is 20.3 Å². The summed E-state index contributed by atoms with van der Waals surface area (Å²) in [6.07, 6.45) is 1.32. The summed E-state index contributed by atoms with van der Waals surface area (Å²) in [6, 6.07) is 13.7. The maximum absolute atomic E-state index is 13.6. The first-order valence-electron chi connectivity index (χ1n) is 8.79. The summed E-state index contributed by atoms with van der Waals surface area (Å²) in [5, 5.41) is 5.27. The number of carbonyl (C=O) groups is 1. The van der Waals surface area contributed by atoms with Gasteiger partial charge in [0.2, 0.25) is 0 Å². The molecule has 2 aromatic carbocycles. The van der Waals surface area contributed by atoms with E-state index in [1.165, 1.54) is 18.3 Å². The van der Waals surface area contributed by atoms with Crippen LogP contribution in [0.15, 0.2) is 60.8 Å². The molecule has 3 rings (SSSR count). The molecule has 0 saturated heterocycles. The molecule has 150 valence electrons. The second kappa shape index (κ2) is 9.50. The maximum atomic E-state index is 13.6. The van der Waals surface area contributed by atoms with Gasteiger partial charge < -0.3 is 20.1 Å². The predicted octanol–water partition coefficient (Wildman–Crippen LogP) is 4.11. The molecule has 0 saturated carbocycles. The number of anilines is 2. The number of nitrogens with one attached hydrogen (secondary N) is 2. The summed E-state index contributed by atoms with van der Waals surface area (Å²) < 4.78 is 37.9. The van der Waals surface area contributed by atoms with Gasteiger partial charge in [0.05, 0.1) is 19.2 Å². The molecular formula is C21H19F2N3O3. The van der Waals surface area contributed by atoms with Gasteiger partial charge in [-0.1, -0.05) is 6.07 Å². The van der Waals surface area contributed by atoms with Crippen molar-refractivity contribution < 1.29 is 23.0 Å². The topological polar surface area (TPSA) is 72.5 Å². The lowest BCUT2D eigenvalue weighted by molar-refractivity contribution is 0.102. The largest absolute Gasteiger partial charge is 0.497 e. The molecule has 6 nitrogen and oxygen atoms in total. The molecule has 0 aliphatic carbocycles. The van der Waals surface area contributed by atoms with Crippen LogP contribution < -0.4 is 20.1 Å². The molecule has 2 N–H and O–H groups in total. The van der Waals surface area contributed by atoms with Gasteiger partial charge in [-0.3, -0.25) is 4.79 Å². The number of para-hydroxylation sites is 1. The highest BCUT2D eigenvalue weighted by Crippen LogP contribution is 2.19. The van der Waals surface area contributed by atoms with E-state index in [1.54, 1.807) is 25.3 Å². The molecule has 0 radical (unpaired) electrons. The summed E-state index contributed by atoms with van der Waals surface area (Å²) in [7, 11) is 1.60. The van der Waals surface area contributed by atoms with Gasteiger partial charge in [-0.05, 0) is 48.5 Å². The molecule has 29 heavy (non-hydrogen) atoms. The number of hydrogen-bond acceptors (Lipinski definition) is 5. The molecule has 3 aromatic rings. The van der Waals surface area contributed by atoms with Crippen LogP contribution in [-0.2, 0) is 0 Å². The van der Waals surface area contributed by atoms with Crippen molar-refractivity contribution in [2.45, 2.75) is 0 Å². The Morgan fingerprint density at radius 1 is 1.00 bits per heavy atom. The Morgan fingerprint density at radius 3 is 2.31 bits per heavy atom.